The largest absolute Gasteiger partial charge is 0.496 e. The summed E-state index contributed by atoms with van der Waals surface area (Å²) in [5.74, 6) is 1.66. The Kier molecular flexibility index (Phi) is 4.11. The summed E-state index contributed by atoms with van der Waals surface area (Å²) in [7, 11) is 1.66. The van der Waals surface area contributed by atoms with Gasteiger partial charge >= 0.3 is 0 Å². The van der Waals surface area contributed by atoms with Gasteiger partial charge < -0.3 is 10.1 Å². The van der Waals surface area contributed by atoms with Gasteiger partial charge in [-0.25, -0.2) is 0 Å². The molecule has 19 heavy (non-hydrogen) atoms. The Labute approximate surface area is 112 Å². The van der Waals surface area contributed by atoms with E-state index in [0.717, 1.165) is 29.4 Å². The van der Waals surface area contributed by atoms with E-state index in [0.29, 0.717) is 0 Å². The highest BCUT2D eigenvalue weighted by Gasteiger charge is 2.15. The van der Waals surface area contributed by atoms with E-state index in [1.807, 2.05) is 32.0 Å². The maximum Gasteiger partial charge on any atom is 0.173 e. The van der Waals surface area contributed by atoms with Crippen molar-refractivity contribution >= 4 is 0 Å². The molecule has 0 saturated carbocycles. The number of hydrogen-bond acceptors (Lipinski definition) is 5. The lowest BCUT2D eigenvalue weighted by atomic mass is 10.2. The Morgan fingerprint density at radius 1 is 1.42 bits per heavy atom. The molecule has 0 saturated heterocycles. The molecule has 0 spiro atoms. The maximum absolute atomic E-state index is 5.26. The highest BCUT2D eigenvalue weighted by Crippen LogP contribution is 2.22. The minimum absolute atomic E-state index is 0.0995. The van der Waals surface area contributed by atoms with Crippen molar-refractivity contribution in [2.24, 2.45) is 0 Å². The first-order valence-corrected chi connectivity index (χ1v) is 6.34. The van der Waals surface area contributed by atoms with E-state index in [9.17, 15) is 0 Å². The van der Waals surface area contributed by atoms with Crippen LogP contribution in [0.5, 0.6) is 5.75 Å². The van der Waals surface area contributed by atoms with Crippen molar-refractivity contribution < 1.29 is 4.74 Å². The SMILES string of the molecule is CCNC(C)c1nnnn1-c1ccc(OC)c(C)c1. The van der Waals surface area contributed by atoms with E-state index < -0.39 is 0 Å². The number of rotatable bonds is 5. The van der Waals surface area contributed by atoms with Crippen molar-refractivity contribution in [3.8, 4) is 11.4 Å². The summed E-state index contributed by atoms with van der Waals surface area (Å²) < 4.78 is 7.01. The maximum atomic E-state index is 5.26. The van der Waals surface area contributed by atoms with Gasteiger partial charge in [-0.15, -0.1) is 5.10 Å². The lowest BCUT2D eigenvalue weighted by Crippen LogP contribution is -2.21. The number of ether oxygens (including phenoxy) is 1. The normalized spacial score (nSPS) is 12.4. The zero-order chi connectivity index (χ0) is 13.8. The van der Waals surface area contributed by atoms with Gasteiger partial charge in [-0.3, -0.25) is 0 Å². The molecule has 1 N–H and O–H groups in total. The van der Waals surface area contributed by atoms with Crippen LogP contribution in [0, 0.1) is 6.92 Å². The van der Waals surface area contributed by atoms with Gasteiger partial charge in [-0.05, 0) is 54.6 Å². The average Bonchev–Trinajstić information content (AvgIpc) is 2.88. The van der Waals surface area contributed by atoms with E-state index in [-0.39, 0.29) is 6.04 Å². The molecule has 0 fully saturated rings. The number of hydrogen-bond donors (Lipinski definition) is 1. The molecule has 1 aromatic carbocycles. The standard InChI is InChI=1S/C13H19N5O/c1-5-14-10(3)13-15-16-17-18(13)11-6-7-12(19-4)9(2)8-11/h6-8,10,14H,5H2,1-4H3. The first kappa shape index (κ1) is 13.5. The first-order valence-electron chi connectivity index (χ1n) is 6.34. The molecule has 1 unspecified atom stereocenters. The Morgan fingerprint density at radius 3 is 2.84 bits per heavy atom. The van der Waals surface area contributed by atoms with Crippen LogP contribution in [0.3, 0.4) is 0 Å². The molecule has 1 atom stereocenters. The number of aromatic nitrogens is 4. The fraction of sp³-hybridized carbons (Fsp3) is 0.462. The predicted molar refractivity (Wildman–Crippen MR) is 72.5 cm³/mol. The lowest BCUT2D eigenvalue weighted by Gasteiger charge is -2.13. The van der Waals surface area contributed by atoms with Crippen molar-refractivity contribution in [3.63, 3.8) is 0 Å². The molecule has 0 amide bonds. The molecule has 2 rings (SSSR count). The second-order valence-corrected chi connectivity index (χ2v) is 4.38. The lowest BCUT2D eigenvalue weighted by molar-refractivity contribution is 0.411. The molecule has 6 nitrogen and oxygen atoms in total. The predicted octanol–water partition coefficient (Wildman–Crippen LogP) is 1.65. The molecule has 1 heterocycles. The Bertz CT molecular complexity index is 552. The van der Waals surface area contributed by atoms with Gasteiger partial charge in [0.05, 0.1) is 18.8 Å². The van der Waals surface area contributed by atoms with Crippen LogP contribution in [-0.4, -0.2) is 33.9 Å². The summed E-state index contributed by atoms with van der Waals surface area (Å²) in [5.41, 5.74) is 1.99. The summed E-state index contributed by atoms with van der Waals surface area (Å²) in [6.45, 7) is 6.97. The number of methoxy groups -OCH3 is 1. The summed E-state index contributed by atoms with van der Waals surface area (Å²) in [4.78, 5) is 0. The van der Waals surface area contributed by atoms with Crippen molar-refractivity contribution in [2.75, 3.05) is 13.7 Å². The third-order valence-electron chi connectivity index (χ3n) is 3.01. The number of nitrogens with one attached hydrogen (secondary N) is 1. The highest BCUT2D eigenvalue weighted by atomic mass is 16.5. The Balaban J connectivity index is 2.37. The molecule has 0 radical (unpaired) electrons. The summed E-state index contributed by atoms with van der Waals surface area (Å²) in [5, 5.41) is 15.2. The molecule has 102 valence electrons. The topological polar surface area (TPSA) is 64.9 Å². The van der Waals surface area contributed by atoms with E-state index >= 15 is 0 Å². The number of nitrogens with zero attached hydrogens (tertiary/aromatic N) is 4. The van der Waals surface area contributed by atoms with Crippen molar-refractivity contribution in [1.29, 1.82) is 0 Å². The van der Waals surface area contributed by atoms with Crippen LogP contribution >= 0.6 is 0 Å². The van der Waals surface area contributed by atoms with Crippen LogP contribution in [0.25, 0.3) is 5.69 Å². The van der Waals surface area contributed by atoms with Gasteiger partial charge in [0.15, 0.2) is 5.82 Å². The molecular weight excluding hydrogens is 242 g/mol. The van der Waals surface area contributed by atoms with Crippen molar-refractivity contribution in [3.05, 3.63) is 29.6 Å². The van der Waals surface area contributed by atoms with E-state index in [2.05, 4.69) is 27.8 Å². The molecule has 0 aliphatic carbocycles. The summed E-state index contributed by atoms with van der Waals surface area (Å²) >= 11 is 0. The highest BCUT2D eigenvalue weighted by molar-refractivity contribution is 5.43. The second-order valence-electron chi connectivity index (χ2n) is 4.38. The molecular formula is C13H19N5O. The van der Waals surface area contributed by atoms with Crippen LogP contribution in [0.1, 0.15) is 31.3 Å². The third-order valence-corrected chi connectivity index (χ3v) is 3.01. The summed E-state index contributed by atoms with van der Waals surface area (Å²) in [6, 6.07) is 5.98. The zero-order valence-corrected chi connectivity index (χ0v) is 11.7. The van der Waals surface area contributed by atoms with Gasteiger partial charge in [0.25, 0.3) is 0 Å². The summed E-state index contributed by atoms with van der Waals surface area (Å²) in [6.07, 6.45) is 0. The van der Waals surface area contributed by atoms with Crippen LogP contribution in [0.15, 0.2) is 18.2 Å². The smallest absolute Gasteiger partial charge is 0.173 e. The number of tetrazole rings is 1. The number of aryl methyl sites for hydroxylation is 1. The fourth-order valence-electron chi connectivity index (χ4n) is 2.04. The zero-order valence-electron chi connectivity index (χ0n) is 11.7. The van der Waals surface area contributed by atoms with E-state index in [4.69, 9.17) is 4.74 Å². The molecule has 1 aromatic heterocycles. The quantitative estimate of drug-likeness (QED) is 0.886. The minimum atomic E-state index is 0.0995. The van der Waals surface area contributed by atoms with Crippen LogP contribution < -0.4 is 10.1 Å². The molecule has 2 aromatic rings. The monoisotopic (exact) mass is 261 g/mol. The third kappa shape index (κ3) is 2.73. The van der Waals surface area contributed by atoms with Gasteiger partial charge in [0.1, 0.15) is 5.75 Å². The minimum Gasteiger partial charge on any atom is -0.496 e. The molecule has 0 aliphatic heterocycles. The molecule has 0 aliphatic rings. The van der Waals surface area contributed by atoms with Crippen molar-refractivity contribution in [2.45, 2.75) is 26.8 Å². The van der Waals surface area contributed by atoms with E-state index in [1.165, 1.54) is 0 Å². The van der Waals surface area contributed by atoms with Crippen LogP contribution in [-0.2, 0) is 0 Å². The van der Waals surface area contributed by atoms with Crippen LogP contribution in [0.4, 0.5) is 0 Å². The Hall–Kier alpha value is -1.95. The van der Waals surface area contributed by atoms with Gasteiger partial charge in [0, 0.05) is 0 Å². The van der Waals surface area contributed by atoms with Gasteiger partial charge in [-0.1, -0.05) is 6.92 Å². The average molecular weight is 261 g/mol. The van der Waals surface area contributed by atoms with E-state index in [1.54, 1.807) is 11.8 Å². The van der Waals surface area contributed by atoms with Gasteiger partial charge in [0.2, 0.25) is 0 Å². The van der Waals surface area contributed by atoms with Gasteiger partial charge in [-0.2, -0.15) is 4.68 Å². The second kappa shape index (κ2) is 5.79. The van der Waals surface area contributed by atoms with Crippen LogP contribution in [0.2, 0.25) is 0 Å². The van der Waals surface area contributed by atoms with Crippen molar-refractivity contribution in [1.82, 2.24) is 25.5 Å². The Morgan fingerprint density at radius 2 is 2.21 bits per heavy atom. The number of benzene rings is 1. The molecule has 6 heteroatoms. The molecule has 0 bridgehead atoms. The first-order chi connectivity index (χ1) is 9.17. The fourth-order valence-corrected chi connectivity index (χ4v) is 2.04.